The van der Waals surface area contributed by atoms with E-state index in [-0.39, 0.29) is 17.9 Å². The van der Waals surface area contributed by atoms with Gasteiger partial charge in [0.05, 0.1) is 5.92 Å². The first-order chi connectivity index (χ1) is 14.7. The Kier molecular flexibility index (Phi) is 8.72. The molecule has 1 aliphatic heterocycles. The number of carbonyl (C=O) groups is 1. The summed E-state index contributed by atoms with van der Waals surface area (Å²) in [7, 11) is 1.96. The minimum absolute atomic E-state index is 0.0322. The highest BCUT2D eigenvalue weighted by Gasteiger charge is 2.27. The molecule has 2 atom stereocenters. The van der Waals surface area contributed by atoms with Gasteiger partial charge in [-0.15, -0.1) is 0 Å². The van der Waals surface area contributed by atoms with Crippen molar-refractivity contribution < 1.29 is 9.53 Å². The van der Waals surface area contributed by atoms with E-state index >= 15 is 0 Å². The van der Waals surface area contributed by atoms with Gasteiger partial charge in [0, 0.05) is 31.3 Å². The molecule has 1 heterocycles. The second-order valence-corrected chi connectivity index (χ2v) is 7.90. The highest BCUT2D eigenvalue weighted by Crippen LogP contribution is 2.30. The van der Waals surface area contributed by atoms with E-state index in [2.05, 4.69) is 29.7 Å². The lowest BCUT2D eigenvalue weighted by molar-refractivity contribution is -0.122. The van der Waals surface area contributed by atoms with Crippen LogP contribution in [0.15, 0.2) is 54.6 Å². The van der Waals surface area contributed by atoms with Crippen molar-refractivity contribution in [1.82, 2.24) is 10.6 Å². The first-order valence-electron chi connectivity index (χ1n) is 11.2. The predicted octanol–water partition coefficient (Wildman–Crippen LogP) is 4.16. The molecule has 1 saturated heterocycles. The Hall–Kier alpha value is -2.37. The van der Waals surface area contributed by atoms with Crippen molar-refractivity contribution in [1.29, 1.82) is 0 Å². The van der Waals surface area contributed by atoms with Gasteiger partial charge in [-0.2, -0.15) is 0 Å². The highest BCUT2D eigenvalue weighted by molar-refractivity contribution is 5.95. The molecule has 0 aromatic heterocycles. The molecule has 0 spiro atoms. The number of hydrogen-bond acceptors (Lipinski definition) is 4. The molecule has 0 saturated carbocycles. The van der Waals surface area contributed by atoms with Gasteiger partial charge in [0.25, 0.3) is 0 Å². The SMILES string of the molecule is CCNC[C@@H]1CCCCN(c2cccc(OC(CCNC)c3ccccc3)c2)C1=O. The van der Waals surface area contributed by atoms with Gasteiger partial charge in [-0.1, -0.05) is 49.7 Å². The number of hydrogen-bond donors (Lipinski definition) is 2. The quantitative estimate of drug-likeness (QED) is 0.619. The molecule has 2 N–H and O–H groups in total. The zero-order valence-electron chi connectivity index (χ0n) is 18.3. The molecule has 1 aliphatic rings. The summed E-state index contributed by atoms with van der Waals surface area (Å²) in [6.45, 7) is 5.36. The lowest BCUT2D eigenvalue weighted by atomic mass is 10.0. The van der Waals surface area contributed by atoms with E-state index in [1.54, 1.807) is 0 Å². The van der Waals surface area contributed by atoms with Crippen LogP contribution in [0.1, 0.15) is 44.3 Å². The van der Waals surface area contributed by atoms with Gasteiger partial charge >= 0.3 is 0 Å². The molecular weight excluding hydrogens is 374 g/mol. The fourth-order valence-corrected chi connectivity index (χ4v) is 4.00. The van der Waals surface area contributed by atoms with Gasteiger partial charge in [-0.3, -0.25) is 4.79 Å². The number of amides is 1. The molecule has 1 fully saturated rings. The smallest absolute Gasteiger partial charge is 0.231 e. The molecule has 2 aromatic carbocycles. The molecule has 30 heavy (non-hydrogen) atoms. The number of carbonyl (C=O) groups excluding carboxylic acids is 1. The number of nitrogens with zero attached hydrogens (tertiary/aromatic N) is 1. The van der Waals surface area contributed by atoms with E-state index in [0.29, 0.717) is 0 Å². The summed E-state index contributed by atoms with van der Waals surface area (Å²) in [4.78, 5) is 15.1. The van der Waals surface area contributed by atoms with Crippen molar-refractivity contribution in [3.63, 3.8) is 0 Å². The Labute approximate surface area is 180 Å². The van der Waals surface area contributed by atoms with Crippen LogP contribution in [0, 0.1) is 5.92 Å². The summed E-state index contributed by atoms with van der Waals surface area (Å²) in [5, 5.41) is 6.56. The number of ether oxygens (including phenoxy) is 1. The maximum Gasteiger partial charge on any atom is 0.231 e. The van der Waals surface area contributed by atoms with Crippen LogP contribution in [0.5, 0.6) is 5.75 Å². The number of benzene rings is 2. The Bertz CT molecular complexity index is 781. The predicted molar refractivity (Wildman–Crippen MR) is 123 cm³/mol. The van der Waals surface area contributed by atoms with Crippen molar-refractivity contribution in [2.75, 3.05) is 38.1 Å². The van der Waals surface area contributed by atoms with Crippen molar-refractivity contribution in [2.24, 2.45) is 5.92 Å². The van der Waals surface area contributed by atoms with E-state index < -0.39 is 0 Å². The normalized spacial score (nSPS) is 18.1. The van der Waals surface area contributed by atoms with Crippen molar-refractivity contribution in [3.8, 4) is 5.75 Å². The van der Waals surface area contributed by atoms with E-state index in [1.165, 1.54) is 0 Å². The topological polar surface area (TPSA) is 53.6 Å². The minimum Gasteiger partial charge on any atom is -0.486 e. The van der Waals surface area contributed by atoms with Gasteiger partial charge in [-0.05, 0) is 50.7 Å². The van der Waals surface area contributed by atoms with Gasteiger partial charge in [0.1, 0.15) is 11.9 Å². The minimum atomic E-state index is -0.0322. The summed E-state index contributed by atoms with van der Waals surface area (Å²) in [5.41, 5.74) is 2.09. The second kappa shape index (κ2) is 11.7. The Balaban J connectivity index is 1.77. The van der Waals surface area contributed by atoms with Crippen LogP contribution in [0.4, 0.5) is 5.69 Å². The van der Waals surface area contributed by atoms with Crippen molar-refractivity contribution in [3.05, 3.63) is 60.2 Å². The van der Waals surface area contributed by atoms with Gasteiger partial charge in [0.2, 0.25) is 5.91 Å². The van der Waals surface area contributed by atoms with Crippen LogP contribution in [-0.4, -0.2) is 39.1 Å². The average molecular weight is 410 g/mol. The Morgan fingerprint density at radius 2 is 1.97 bits per heavy atom. The average Bonchev–Trinajstić information content (AvgIpc) is 2.97. The molecule has 162 valence electrons. The van der Waals surface area contributed by atoms with Crippen LogP contribution in [0.2, 0.25) is 0 Å². The van der Waals surface area contributed by atoms with Gasteiger partial charge < -0.3 is 20.3 Å². The van der Waals surface area contributed by atoms with E-state index in [9.17, 15) is 4.79 Å². The fraction of sp³-hybridized carbons (Fsp3) is 0.480. The highest BCUT2D eigenvalue weighted by atomic mass is 16.5. The van der Waals surface area contributed by atoms with Crippen LogP contribution >= 0.6 is 0 Å². The molecule has 2 aromatic rings. The number of anilines is 1. The van der Waals surface area contributed by atoms with Gasteiger partial charge in [-0.25, -0.2) is 0 Å². The molecule has 0 radical (unpaired) electrons. The molecule has 3 rings (SSSR count). The van der Waals surface area contributed by atoms with Crippen molar-refractivity contribution in [2.45, 2.75) is 38.7 Å². The maximum atomic E-state index is 13.2. The third-order valence-corrected chi connectivity index (χ3v) is 5.68. The third kappa shape index (κ3) is 6.07. The lowest BCUT2D eigenvalue weighted by Crippen LogP contribution is -2.39. The van der Waals surface area contributed by atoms with Crippen LogP contribution in [0.3, 0.4) is 0 Å². The first-order valence-corrected chi connectivity index (χ1v) is 11.2. The second-order valence-electron chi connectivity index (χ2n) is 7.90. The van der Waals surface area contributed by atoms with Crippen LogP contribution < -0.4 is 20.3 Å². The standard InChI is InChI=1S/C25H35N3O2/c1-3-27-19-21-12-7-8-17-28(25(21)29)22-13-9-14-23(18-22)30-24(15-16-26-2)20-10-5-4-6-11-20/h4-6,9-11,13-14,18,21,24,26-27H,3,7-8,12,15-17,19H2,1-2H3/t21-,24?/m0/s1. The van der Waals surface area contributed by atoms with Crippen molar-refractivity contribution >= 4 is 11.6 Å². The molecule has 5 nitrogen and oxygen atoms in total. The third-order valence-electron chi connectivity index (χ3n) is 5.68. The zero-order valence-corrected chi connectivity index (χ0v) is 18.3. The molecule has 1 amide bonds. The summed E-state index contributed by atoms with van der Waals surface area (Å²) in [6, 6.07) is 18.3. The Morgan fingerprint density at radius 3 is 2.73 bits per heavy atom. The summed E-state index contributed by atoms with van der Waals surface area (Å²) >= 11 is 0. The monoisotopic (exact) mass is 409 g/mol. The maximum absolute atomic E-state index is 13.2. The number of rotatable bonds is 10. The van der Waals surface area contributed by atoms with Crippen LogP contribution in [-0.2, 0) is 4.79 Å². The van der Waals surface area contributed by atoms with Gasteiger partial charge in [0.15, 0.2) is 0 Å². The molecule has 0 bridgehead atoms. The molecule has 5 heteroatoms. The van der Waals surface area contributed by atoms with Crippen LogP contribution in [0.25, 0.3) is 0 Å². The molecule has 1 unspecified atom stereocenters. The lowest BCUT2D eigenvalue weighted by Gasteiger charge is -2.26. The summed E-state index contributed by atoms with van der Waals surface area (Å²) < 4.78 is 6.40. The van der Waals surface area contributed by atoms with E-state index in [1.807, 2.05) is 54.4 Å². The largest absolute Gasteiger partial charge is 0.486 e. The van der Waals surface area contributed by atoms with E-state index in [0.717, 1.165) is 68.9 Å². The summed E-state index contributed by atoms with van der Waals surface area (Å²) in [6.07, 6.45) is 3.93. The Morgan fingerprint density at radius 1 is 1.13 bits per heavy atom. The molecular formula is C25H35N3O2. The van der Waals surface area contributed by atoms with E-state index in [4.69, 9.17) is 4.74 Å². The molecule has 0 aliphatic carbocycles. The fourth-order valence-electron chi connectivity index (χ4n) is 4.00. The number of nitrogens with one attached hydrogen (secondary N) is 2. The summed E-state index contributed by atoms with van der Waals surface area (Å²) in [5.74, 6) is 1.07. The zero-order chi connectivity index (χ0) is 21.2. The first kappa shape index (κ1) is 22.3.